The topological polar surface area (TPSA) is 74.2 Å². The molecule has 0 amide bonds. The van der Waals surface area contributed by atoms with Crippen LogP contribution in [0.3, 0.4) is 0 Å². The number of hydrogen-bond donors (Lipinski definition) is 1. The molecule has 0 unspecified atom stereocenters. The lowest BCUT2D eigenvalue weighted by molar-refractivity contribution is 0.209. The number of nitrogens with two attached hydrogens (primary N) is 1. The molecule has 1 aromatic carbocycles. The van der Waals surface area contributed by atoms with Crippen LogP contribution in [0.1, 0.15) is 55.8 Å². The summed E-state index contributed by atoms with van der Waals surface area (Å²) in [5.41, 5.74) is 7.02. The number of methoxy groups -OCH3 is 1. The van der Waals surface area contributed by atoms with E-state index in [4.69, 9.17) is 15.0 Å². The van der Waals surface area contributed by atoms with E-state index in [9.17, 15) is 0 Å². The molecule has 22 heavy (non-hydrogen) atoms. The highest BCUT2D eigenvalue weighted by atomic mass is 16.5. The molecule has 5 heteroatoms. The average Bonchev–Trinajstić information content (AvgIpc) is 2.95. The Balaban J connectivity index is 1.68. The third-order valence-corrected chi connectivity index (χ3v) is 5.38. The molecule has 2 saturated carbocycles. The van der Waals surface area contributed by atoms with Gasteiger partial charge in [-0.25, -0.2) is 0 Å². The van der Waals surface area contributed by atoms with Gasteiger partial charge in [-0.2, -0.15) is 4.98 Å². The van der Waals surface area contributed by atoms with Gasteiger partial charge in [0.1, 0.15) is 5.75 Å². The van der Waals surface area contributed by atoms with Gasteiger partial charge in [0.15, 0.2) is 5.82 Å². The minimum atomic E-state index is -0.368. The first-order valence-corrected chi connectivity index (χ1v) is 7.94. The fourth-order valence-electron chi connectivity index (χ4n) is 3.47. The summed E-state index contributed by atoms with van der Waals surface area (Å²) >= 11 is 0. The van der Waals surface area contributed by atoms with Crippen LogP contribution >= 0.6 is 0 Å². The Bertz CT molecular complexity index is 669. The zero-order chi connectivity index (χ0) is 15.2. The van der Waals surface area contributed by atoms with Gasteiger partial charge >= 0.3 is 0 Å². The van der Waals surface area contributed by atoms with Crippen LogP contribution < -0.4 is 10.5 Å². The van der Waals surface area contributed by atoms with Gasteiger partial charge in [0.25, 0.3) is 0 Å². The molecule has 0 atom stereocenters. The molecule has 0 saturated heterocycles. The van der Waals surface area contributed by atoms with Crippen LogP contribution in [0.4, 0.5) is 0 Å². The van der Waals surface area contributed by atoms with Crippen LogP contribution in [0, 0.1) is 0 Å². The molecule has 0 spiro atoms. The van der Waals surface area contributed by atoms with Gasteiger partial charge in [0.2, 0.25) is 5.89 Å². The van der Waals surface area contributed by atoms with Crippen molar-refractivity contribution in [3.05, 3.63) is 41.5 Å². The summed E-state index contributed by atoms with van der Waals surface area (Å²) in [6, 6.07) is 8.18. The molecule has 0 aliphatic heterocycles. The Hall–Kier alpha value is -1.88. The zero-order valence-corrected chi connectivity index (χ0v) is 12.8. The first kappa shape index (κ1) is 13.8. The van der Waals surface area contributed by atoms with Crippen LogP contribution in [-0.4, -0.2) is 17.3 Å². The molecule has 2 fully saturated rings. The fraction of sp³-hybridized carbons (Fsp3) is 0.529. The van der Waals surface area contributed by atoms with Gasteiger partial charge < -0.3 is 15.0 Å². The van der Waals surface area contributed by atoms with Crippen molar-refractivity contribution < 1.29 is 9.26 Å². The smallest absolute Gasteiger partial charge is 0.237 e. The van der Waals surface area contributed by atoms with Crippen molar-refractivity contribution in [2.75, 3.05) is 7.11 Å². The summed E-state index contributed by atoms with van der Waals surface area (Å²) in [5.74, 6) is 2.25. The van der Waals surface area contributed by atoms with Gasteiger partial charge in [-0.3, -0.25) is 0 Å². The predicted octanol–water partition coefficient (Wildman–Crippen LogP) is 2.89. The molecule has 1 aromatic heterocycles. The monoisotopic (exact) mass is 299 g/mol. The summed E-state index contributed by atoms with van der Waals surface area (Å²) in [6.07, 6.45) is 6.29. The van der Waals surface area contributed by atoms with E-state index >= 15 is 0 Å². The van der Waals surface area contributed by atoms with Crippen LogP contribution in [0.25, 0.3) is 0 Å². The van der Waals surface area contributed by atoms with E-state index in [0.717, 1.165) is 43.7 Å². The second-order valence-corrected chi connectivity index (χ2v) is 6.60. The zero-order valence-electron chi connectivity index (χ0n) is 12.8. The Morgan fingerprint density at radius 1 is 1.09 bits per heavy atom. The largest absolute Gasteiger partial charge is 0.497 e. The summed E-state index contributed by atoms with van der Waals surface area (Å²) in [4.78, 5) is 4.68. The molecule has 2 aliphatic carbocycles. The van der Waals surface area contributed by atoms with E-state index in [1.807, 2.05) is 12.1 Å². The maximum atomic E-state index is 6.32. The summed E-state index contributed by atoms with van der Waals surface area (Å²) in [7, 11) is 1.68. The minimum Gasteiger partial charge on any atom is -0.497 e. The van der Waals surface area contributed by atoms with Crippen LogP contribution in [0.5, 0.6) is 5.75 Å². The Kier molecular flexibility index (Phi) is 3.01. The normalized spacial score (nSPS) is 21.7. The lowest BCUT2D eigenvalue weighted by Crippen LogP contribution is -2.44. The Morgan fingerprint density at radius 3 is 2.27 bits per heavy atom. The highest BCUT2D eigenvalue weighted by Crippen LogP contribution is 2.49. The van der Waals surface area contributed by atoms with Gasteiger partial charge in [0.05, 0.1) is 18.1 Å². The first-order valence-electron chi connectivity index (χ1n) is 7.94. The third-order valence-electron chi connectivity index (χ3n) is 5.38. The molecule has 116 valence electrons. The summed E-state index contributed by atoms with van der Waals surface area (Å²) in [5, 5.41) is 4.18. The van der Waals surface area contributed by atoms with Crippen molar-refractivity contribution in [3.63, 3.8) is 0 Å². The first-order chi connectivity index (χ1) is 10.7. The van der Waals surface area contributed by atoms with Gasteiger partial charge in [-0.05, 0) is 49.8 Å². The molecule has 2 N–H and O–H groups in total. The molecular formula is C17H21N3O2. The van der Waals surface area contributed by atoms with E-state index in [-0.39, 0.29) is 11.0 Å². The van der Waals surface area contributed by atoms with E-state index in [1.54, 1.807) is 7.11 Å². The van der Waals surface area contributed by atoms with Crippen molar-refractivity contribution in [1.82, 2.24) is 10.1 Å². The SMILES string of the molecule is COc1ccc(C2(c3nc(C4(N)CCC4)no3)CCC2)cc1. The van der Waals surface area contributed by atoms with E-state index in [1.165, 1.54) is 12.0 Å². The Morgan fingerprint density at radius 2 is 1.77 bits per heavy atom. The summed E-state index contributed by atoms with van der Waals surface area (Å²) in [6.45, 7) is 0. The number of aromatic nitrogens is 2. The van der Waals surface area contributed by atoms with E-state index in [0.29, 0.717) is 5.82 Å². The standard InChI is InChI=1S/C17H21N3O2/c1-21-13-6-4-12(5-7-13)16(8-2-9-16)15-19-14(20-22-15)17(18)10-3-11-17/h4-7H,2-3,8-11,18H2,1H3. The van der Waals surface area contributed by atoms with Crippen LogP contribution in [0.2, 0.25) is 0 Å². The van der Waals surface area contributed by atoms with E-state index in [2.05, 4.69) is 22.3 Å². The molecule has 4 rings (SSSR count). The number of ether oxygens (including phenoxy) is 1. The molecular weight excluding hydrogens is 278 g/mol. The minimum absolute atomic E-state index is 0.141. The maximum Gasteiger partial charge on any atom is 0.237 e. The second-order valence-electron chi connectivity index (χ2n) is 6.60. The number of nitrogens with zero attached hydrogens (tertiary/aromatic N) is 2. The van der Waals surface area contributed by atoms with Crippen molar-refractivity contribution in [3.8, 4) is 5.75 Å². The average molecular weight is 299 g/mol. The molecule has 2 aliphatic rings. The van der Waals surface area contributed by atoms with Crippen molar-refractivity contribution >= 4 is 0 Å². The lowest BCUT2D eigenvalue weighted by atomic mass is 9.64. The van der Waals surface area contributed by atoms with Crippen LogP contribution in [-0.2, 0) is 11.0 Å². The highest BCUT2D eigenvalue weighted by Gasteiger charge is 2.47. The molecule has 5 nitrogen and oxygen atoms in total. The quantitative estimate of drug-likeness (QED) is 0.939. The molecule has 0 bridgehead atoms. The van der Waals surface area contributed by atoms with Crippen molar-refractivity contribution in [2.24, 2.45) is 5.73 Å². The molecule has 2 aromatic rings. The van der Waals surface area contributed by atoms with Crippen molar-refractivity contribution in [2.45, 2.75) is 49.5 Å². The van der Waals surface area contributed by atoms with Gasteiger partial charge in [-0.1, -0.05) is 23.7 Å². The van der Waals surface area contributed by atoms with Crippen LogP contribution in [0.15, 0.2) is 28.8 Å². The lowest BCUT2D eigenvalue weighted by Gasteiger charge is -2.39. The maximum absolute atomic E-state index is 6.32. The summed E-state index contributed by atoms with van der Waals surface area (Å²) < 4.78 is 10.9. The van der Waals surface area contributed by atoms with Gasteiger partial charge in [-0.15, -0.1) is 0 Å². The third kappa shape index (κ3) is 1.88. The number of benzene rings is 1. The predicted molar refractivity (Wildman–Crippen MR) is 81.6 cm³/mol. The second kappa shape index (κ2) is 4.81. The molecule has 0 radical (unpaired) electrons. The fourth-order valence-corrected chi connectivity index (χ4v) is 3.47. The van der Waals surface area contributed by atoms with E-state index < -0.39 is 0 Å². The highest BCUT2D eigenvalue weighted by molar-refractivity contribution is 5.38. The number of hydrogen-bond acceptors (Lipinski definition) is 5. The van der Waals surface area contributed by atoms with Gasteiger partial charge in [0, 0.05) is 0 Å². The molecule has 1 heterocycles. The van der Waals surface area contributed by atoms with Crippen molar-refractivity contribution in [1.29, 1.82) is 0 Å². The number of rotatable bonds is 4. The Labute approximate surface area is 129 Å².